The highest BCUT2D eigenvalue weighted by molar-refractivity contribution is 7.99. The predicted octanol–water partition coefficient (Wildman–Crippen LogP) is 0.939. The number of nitriles is 1. The quantitative estimate of drug-likeness (QED) is 0.678. The van der Waals surface area contributed by atoms with E-state index in [4.69, 9.17) is 0 Å². The van der Waals surface area contributed by atoms with E-state index in [1.54, 1.807) is 11.5 Å². The molecule has 2 atom stereocenters. The van der Waals surface area contributed by atoms with Crippen LogP contribution in [-0.2, 0) is 28.1 Å². The maximum atomic E-state index is 12.2. The first-order chi connectivity index (χ1) is 12.1. The molecule has 0 bridgehead atoms. The Morgan fingerprint density at radius 1 is 1.50 bits per heavy atom. The molecule has 0 saturated carbocycles. The molecule has 2 heterocycles. The van der Waals surface area contributed by atoms with Gasteiger partial charge in [0, 0.05) is 13.5 Å². The summed E-state index contributed by atoms with van der Waals surface area (Å²) < 4.78 is 24.9. The highest BCUT2D eigenvalue weighted by Gasteiger charge is 2.31. The summed E-state index contributed by atoms with van der Waals surface area (Å²) >= 11 is 1.25. The second-order valence-corrected chi connectivity index (χ2v) is 10.4. The number of aromatic nitrogens is 3. The lowest BCUT2D eigenvalue weighted by Crippen LogP contribution is -2.49. The number of hydrogen-bond donors (Lipinski definition) is 1. The fourth-order valence-electron chi connectivity index (χ4n) is 2.70. The molecule has 1 N–H and O–H groups in total. The summed E-state index contributed by atoms with van der Waals surface area (Å²) in [7, 11) is -1.10. The maximum Gasteiger partial charge on any atom is 0.231 e. The summed E-state index contributed by atoms with van der Waals surface area (Å²) in [6, 6.07) is 2.15. The number of thioether (sulfide) groups is 1. The van der Waals surface area contributed by atoms with Gasteiger partial charge in [0.15, 0.2) is 15.0 Å². The Labute approximate surface area is 158 Å². The van der Waals surface area contributed by atoms with Crippen LogP contribution < -0.4 is 5.32 Å². The molecule has 0 spiro atoms. The van der Waals surface area contributed by atoms with E-state index in [0.29, 0.717) is 18.0 Å². The highest BCUT2D eigenvalue weighted by Crippen LogP contribution is 2.24. The minimum atomic E-state index is -2.91. The van der Waals surface area contributed by atoms with Gasteiger partial charge in [-0.2, -0.15) is 5.26 Å². The van der Waals surface area contributed by atoms with Gasteiger partial charge in [-0.3, -0.25) is 4.79 Å². The number of nitrogens with one attached hydrogen (secondary N) is 1. The van der Waals surface area contributed by atoms with Crippen LogP contribution >= 0.6 is 11.8 Å². The molecule has 8 nitrogen and oxygen atoms in total. The van der Waals surface area contributed by atoms with Gasteiger partial charge >= 0.3 is 0 Å². The van der Waals surface area contributed by atoms with E-state index >= 15 is 0 Å². The topological polar surface area (TPSA) is 118 Å². The summed E-state index contributed by atoms with van der Waals surface area (Å²) in [5, 5.41) is 20.9. The van der Waals surface area contributed by atoms with E-state index in [9.17, 15) is 18.5 Å². The molecule has 0 unspecified atom stereocenters. The Hall–Kier alpha value is -1.60. The summed E-state index contributed by atoms with van der Waals surface area (Å²) in [6.45, 7) is 5.47. The first-order valence-electron chi connectivity index (χ1n) is 8.50. The third-order valence-electron chi connectivity index (χ3n) is 4.84. The fraction of sp³-hybridized carbons (Fsp3) is 0.750. The Morgan fingerprint density at radius 3 is 2.73 bits per heavy atom. The standard InChI is InChI=1S/C16H25N5O3S2/c1-11(2)16(3,10-17)18-14(22)8-25-15-20-19-13(21(15)4)7-12-5-6-26(23,24)9-12/h11-12H,5-9H2,1-4H3,(H,18,22)/t12-,16-/m1/s1. The average Bonchev–Trinajstić information content (AvgIpc) is 3.08. The molecule has 1 aliphatic heterocycles. The Bertz CT molecular complexity index is 812. The van der Waals surface area contributed by atoms with Crippen LogP contribution in [0.15, 0.2) is 5.16 Å². The second-order valence-electron chi connectivity index (χ2n) is 7.24. The number of nitrogens with zero attached hydrogens (tertiary/aromatic N) is 4. The van der Waals surface area contributed by atoms with Crippen molar-refractivity contribution in [1.29, 1.82) is 5.26 Å². The van der Waals surface area contributed by atoms with Crippen LogP contribution in [0.4, 0.5) is 0 Å². The van der Waals surface area contributed by atoms with Crippen molar-refractivity contribution >= 4 is 27.5 Å². The molecule has 1 fully saturated rings. The van der Waals surface area contributed by atoms with Gasteiger partial charge in [-0.05, 0) is 25.2 Å². The first-order valence-corrected chi connectivity index (χ1v) is 11.3. The lowest BCUT2D eigenvalue weighted by Gasteiger charge is -2.27. The van der Waals surface area contributed by atoms with E-state index in [1.165, 1.54) is 11.8 Å². The number of carbonyl (C=O) groups excluding carboxylic acids is 1. The molecule has 0 aromatic carbocycles. The maximum absolute atomic E-state index is 12.2. The fourth-order valence-corrected chi connectivity index (χ4v) is 5.29. The molecule has 2 rings (SSSR count). The number of sulfone groups is 1. The molecule has 1 saturated heterocycles. The van der Waals surface area contributed by atoms with Gasteiger partial charge in [0.25, 0.3) is 0 Å². The largest absolute Gasteiger partial charge is 0.337 e. The van der Waals surface area contributed by atoms with Crippen LogP contribution in [0.2, 0.25) is 0 Å². The first kappa shape index (κ1) is 20.7. The van der Waals surface area contributed by atoms with Crippen LogP contribution in [0.1, 0.15) is 33.0 Å². The SMILES string of the molecule is CC(C)[C@@](C)(C#N)NC(=O)CSc1nnc(C[C@H]2CCS(=O)(=O)C2)n1C. The second kappa shape index (κ2) is 7.96. The van der Waals surface area contributed by atoms with Gasteiger partial charge < -0.3 is 9.88 Å². The van der Waals surface area contributed by atoms with E-state index in [1.807, 2.05) is 20.9 Å². The van der Waals surface area contributed by atoms with Crippen LogP contribution in [0.25, 0.3) is 0 Å². The summed E-state index contributed by atoms with van der Waals surface area (Å²) in [5.41, 5.74) is -0.906. The van der Waals surface area contributed by atoms with Crippen molar-refractivity contribution in [3.63, 3.8) is 0 Å². The van der Waals surface area contributed by atoms with Gasteiger partial charge in [-0.15, -0.1) is 10.2 Å². The van der Waals surface area contributed by atoms with Crippen molar-refractivity contribution in [2.24, 2.45) is 18.9 Å². The van der Waals surface area contributed by atoms with Gasteiger partial charge in [0.2, 0.25) is 5.91 Å². The molecule has 1 amide bonds. The molecule has 0 aliphatic carbocycles. The molecule has 1 aliphatic rings. The van der Waals surface area contributed by atoms with Crippen LogP contribution in [0.3, 0.4) is 0 Å². The third-order valence-corrected chi connectivity index (χ3v) is 7.70. The zero-order valence-electron chi connectivity index (χ0n) is 15.5. The monoisotopic (exact) mass is 399 g/mol. The summed E-state index contributed by atoms with van der Waals surface area (Å²) in [5.74, 6) is 1.13. The van der Waals surface area contributed by atoms with E-state index < -0.39 is 15.4 Å². The number of amides is 1. The molecule has 10 heteroatoms. The number of hydrogen-bond acceptors (Lipinski definition) is 7. The Kier molecular flexibility index (Phi) is 6.34. The molecule has 1 aromatic heterocycles. The Morgan fingerprint density at radius 2 is 2.19 bits per heavy atom. The van der Waals surface area contributed by atoms with Crippen molar-refractivity contribution in [2.75, 3.05) is 17.3 Å². The minimum Gasteiger partial charge on any atom is -0.337 e. The van der Waals surface area contributed by atoms with Crippen molar-refractivity contribution in [3.05, 3.63) is 5.82 Å². The van der Waals surface area contributed by atoms with E-state index in [0.717, 1.165) is 5.82 Å². The van der Waals surface area contributed by atoms with Crippen LogP contribution in [0, 0.1) is 23.2 Å². The van der Waals surface area contributed by atoms with Crippen LogP contribution in [0.5, 0.6) is 0 Å². The van der Waals surface area contributed by atoms with Crippen molar-refractivity contribution < 1.29 is 13.2 Å². The molecular formula is C16H25N5O3S2. The number of rotatable bonds is 7. The van der Waals surface area contributed by atoms with Gasteiger partial charge in [0.1, 0.15) is 11.4 Å². The Balaban J connectivity index is 1.92. The van der Waals surface area contributed by atoms with Crippen molar-refractivity contribution in [3.8, 4) is 6.07 Å². The zero-order chi connectivity index (χ0) is 19.5. The van der Waals surface area contributed by atoms with Gasteiger partial charge in [-0.25, -0.2) is 8.42 Å². The predicted molar refractivity (Wildman–Crippen MR) is 99.2 cm³/mol. The van der Waals surface area contributed by atoms with Crippen molar-refractivity contribution in [2.45, 2.75) is 44.3 Å². The molecule has 26 heavy (non-hydrogen) atoms. The smallest absolute Gasteiger partial charge is 0.231 e. The lowest BCUT2D eigenvalue weighted by molar-refractivity contribution is -0.120. The third kappa shape index (κ3) is 4.98. The van der Waals surface area contributed by atoms with Crippen molar-refractivity contribution in [1.82, 2.24) is 20.1 Å². The normalized spacial score (nSPS) is 21.3. The molecular weight excluding hydrogens is 374 g/mol. The summed E-state index contributed by atoms with van der Waals surface area (Å²) in [4.78, 5) is 12.2. The van der Waals surface area contributed by atoms with Gasteiger partial charge in [-0.1, -0.05) is 25.6 Å². The van der Waals surface area contributed by atoms with E-state index in [2.05, 4.69) is 21.6 Å². The minimum absolute atomic E-state index is 0.00873. The lowest BCUT2D eigenvalue weighted by atomic mass is 9.90. The highest BCUT2D eigenvalue weighted by atomic mass is 32.2. The molecule has 144 valence electrons. The number of carbonyl (C=O) groups is 1. The zero-order valence-corrected chi connectivity index (χ0v) is 17.2. The summed E-state index contributed by atoms with van der Waals surface area (Å²) in [6.07, 6.45) is 1.22. The van der Waals surface area contributed by atoms with Crippen LogP contribution in [-0.4, -0.2) is 51.9 Å². The molecule has 0 radical (unpaired) electrons. The van der Waals surface area contributed by atoms with E-state index in [-0.39, 0.29) is 35.0 Å². The average molecular weight is 400 g/mol. The van der Waals surface area contributed by atoms with Gasteiger partial charge in [0.05, 0.1) is 23.3 Å². The molecule has 1 aromatic rings.